The summed E-state index contributed by atoms with van der Waals surface area (Å²) in [6.07, 6.45) is 2.04. The first-order valence-electron chi connectivity index (χ1n) is 6.04. The highest BCUT2D eigenvalue weighted by Crippen LogP contribution is 2.38. The molecule has 0 saturated carbocycles. The average Bonchev–Trinajstić information content (AvgIpc) is 2.14. The third kappa shape index (κ3) is 3.01. The van der Waals surface area contributed by atoms with Crippen LogP contribution in [0.15, 0.2) is 24.3 Å². The highest BCUT2D eigenvalue weighted by Gasteiger charge is 2.40. The van der Waals surface area contributed by atoms with Crippen LogP contribution in [-0.2, 0) is 10.2 Å². The summed E-state index contributed by atoms with van der Waals surface area (Å²) in [4.78, 5) is 0. The molecule has 0 aromatic heterocycles. The lowest BCUT2D eigenvalue weighted by molar-refractivity contribution is -0.0669. The van der Waals surface area contributed by atoms with Crippen LogP contribution in [0.25, 0.3) is 0 Å². The molecule has 1 aliphatic rings. The van der Waals surface area contributed by atoms with Crippen LogP contribution in [0, 0.1) is 0 Å². The van der Waals surface area contributed by atoms with Gasteiger partial charge >= 0.3 is 0 Å². The van der Waals surface area contributed by atoms with Crippen molar-refractivity contribution in [2.24, 2.45) is 5.73 Å². The van der Waals surface area contributed by atoms with Gasteiger partial charge in [-0.1, -0.05) is 23.7 Å². The van der Waals surface area contributed by atoms with E-state index in [4.69, 9.17) is 22.1 Å². The van der Waals surface area contributed by atoms with Crippen molar-refractivity contribution in [2.45, 2.75) is 37.6 Å². The minimum atomic E-state index is -0.124. The van der Waals surface area contributed by atoms with Crippen molar-refractivity contribution in [3.8, 4) is 0 Å². The monoisotopic (exact) mass is 253 g/mol. The van der Waals surface area contributed by atoms with Gasteiger partial charge in [0, 0.05) is 16.0 Å². The Labute approximate surface area is 108 Å². The number of halogens is 1. The predicted octanol–water partition coefficient (Wildman–Crippen LogP) is 3.13. The van der Waals surface area contributed by atoms with Crippen LogP contribution in [0.3, 0.4) is 0 Å². The van der Waals surface area contributed by atoms with E-state index >= 15 is 0 Å². The normalized spacial score (nSPS) is 18.8. The van der Waals surface area contributed by atoms with Gasteiger partial charge in [-0.25, -0.2) is 0 Å². The number of benzene rings is 1. The van der Waals surface area contributed by atoms with Crippen LogP contribution in [-0.4, -0.2) is 18.8 Å². The second-order valence-electron chi connectivity index (χ2n) is 5.77. The molecule has 3 heteroatoms. The van der Waals surface area contributed by atoms with Gasteiger partial charge in [0.05, 0.1) is 13.2 Å². The van der Waals surface area contributed by atoms with E-state index in [0.29, 0.717) is 0 Å². The van der Waals surface area contributed by atoms with Gasteiger partial charge in [-0.3, -0.25) is 0 Å². The second-order valence-corrected chi connectivity index (χ2v) is 6.21. The van der Waals surface area contributed by atoms with Gasteiger partial charge in [-0.05, 0) is 44.4 Å². The molecule has 0 unspecified atom stereocenters. The van der Waals surface area contributed by atoms with Gasteiger partial charge in [0.25, 0.3) is 0 Å². The molecule has 0 spiro atoms. The fourth-order valence-corrected chi connectivity index (χ4v) is 2.37. The Morgan fingerprint density at radius 1 is 1.41 bits per heavy atom. The molecule has 0 amide bonds. The fourth-order valence-electron chi connectivity index (χ4n) is 2.18. The van der Waals surface area contributed by atoms with Crippen molar-refractivity contribution in [3.63, 3.8) is 0 Å². The van der Waals surface area contributed by atoms with Gasteiger partial charge in [0.2, 0.25) is 0 Å². The smallest absolute Gasteiger partial charge is 0.0585 e. The molecule has 0 atom stereocenters. The first-order chi connectivity index (χ1) is 7.91. The van der Waals surface area contributed by atoms with Crippen molar-refractivity contribution < 1.29 is 4.74 Å². The highest BCUT2D eigenvalue weighted by molar-refractivity contribution is 6.30. The third-order valence-corrected chi connectivity index (χ3v) is 3.68. The van der Waals surface area contributed by atoms with Gasteiger partial charge in [0.15, 0.2) is 0 Å². The van der Waals surface area contributed by atoms with Gasteiger partial charge in [-0.15, -0.1) is 0 Å². The molecule has 94 valence electrons. The minimum absolute atomic E-state index is 0.124. The number of hydrogen-bond acceptors (Lipinski definition) is 2. The first kappa shape index (κ1) is 12.9. The number of hydrogen-bond donors (Lipinski definition) is 1. The molecule has 1 aliphatic heterocycles. The molecule has 1 aromatic carbocycles. The van der Waals surface area contributed by atoms with E-state index in [1.54, 1.807) is 0 Å². The van der Waals surface area contributed by atoms with Gasteiger partial charge in [0.1, 0.15) is 0 Å². The lowest BCUT2D eigenvalue weighted by atomic mass is 9.73. The molecule has 1 saturated heterocycles. The Balaban J connectivity index is 2.14. The standard InChI is InChI=1S/C14H20ClNO/c1-13(2,16)6-7-14(9-17-10-14)11-4-3-5-12(15)8-11/h3-5,8H,6-7,9-10,16H2,1-2H3. The SMILES string of the molecule is CC(C)(N)CCC1(c2cccc(Cl)c2)COC1. The Kier molecular flexibility index (Phi) is 3.48. The molecule has 0 bridgehead atoms. The summed E-state index contributed by atoms with van der Waals surface area (Å²) in [7, 11) is 0. The van der Waals surface area contributed by atoms with E-state index in [2.05, 4.69) is 19.9 Å². The summed E-state index contributed by atoms with van der Waals surface area (Å²) in [6.45, 7) is 5.70. The van der Waals surface area contributed by atoms with Crippen LogP contribution in [0.4, 0.5) is 0 Å². The average molecular weight is 254 g/mol. The third-order valence-electron chi connectivity index (χ3n) is 3.44. The highest BCUT2D eigenvalue weighted by atomic mass is 35.5. The second kappa shape index (κ2) is 4.60. The molecule has 1 aromatic rings. The number of ether oxygens (including phenoxy) is 1. The van der Waals surface area contributed by atoms with Crippen molar-refractivity contribution in [1.82, 2.24) is 0 Å². The largest absolute Gasteiger partial charge is 0.379 e. The quantitative estimate of drug-likeness (QED) is 0.895. The summed E-state index contributed by atoms with van der Waals surface area (Å²) < 4.78 is 5.41. The lowest BCUT2D eigenvalue weighted by Crippen LogP contribution is -2.48. The topological polar surface area (TPSA) is 35.2 Å². The summed E-state index contributed by atoms with van der Waals surface area (Å²) in [6, 6.07) is 8.10. The van der Waals surface area contributed by atoms with Crippen molar-refractivity contribution in [1.29, 1.82) is 0 Å². The van der Waals surface area contributed by atoms with Crippen LogP contribution in [0.5, 0.6) is 0 Å². The van der Waals surface area contributed by atoms with Crippen molar-refractivity contribution in [2.75, 3.05) is 13.2 Å². The molecule has 1 fully saturated rings. The summed E-state index contributed by atoms with van der Waals surface area (Å²) in [5.74, 6) is 0. The molecule has 0 aliphatic carbocycles. The summed E-state index contributed by atoms with van der Waals surface area (Å²) in [5.41, 5.74) is 7.34. The van der Waals surface area contributed by atoms with Crippen LogP contribution in [0.2, 0.25) is 5.02 Å². The maximum atomic E-state index is 6.06. The van der Waals surface area contributed by atoms with E-state index in [1.165, 1.54) is 5.56 Å². The zero-order valence-electron chi connectivity index (χ0n) is 10.5. The first-order valence-corrected chi connectivity index (χ1v) is 6.42. The Morgan fingerprint density at radius 2 is 2.12 bits per heavy atom. The Morgan fingerprint density at radius 3 is 2.59 bits per heavy atom. The Bertz CT molecular complexity index is 393. The van der Waals surface area contributed by atoms with Crippen LogP contribution in [0.1, 0.15) is 32.3 Å². The lowest BCUT2D eigenvalue weighted by Gasteiger charge is -2.43. The van der Waals surface area contributed by atoms with E-state index in [0.717, 1.165) is 31.1 Å². The van der Waals surface area contributed by atoms with Crippen LogP contribution < -0.4 is 5.73 Å². The fraction of sp³-hybridized carbons (Fsp3) is 0.571. The molecule has 0 radical (unpaired) electrons. The molecular weight excluding hydrogens is 234 g/mol. The van der Waals surface area contributed by atoms with E-state index < -0.39 is 0 Å². The van der Waals surface area contributed by atoms with Gasteiger partial charge < -0.3 is 10.5 Å². The number of nitrogens with two attached hydrogens (primary N) is 1. The molecular formula is C14H20ClNO. The van der Waals surface area contributed by atoms with E-state index in [1.807, 2.05) is 18.2 Å². The predicted molar refractivity (Wildman–Crippen MR) is 71.4 cm³/mol. The zero-order valence-corrected chi connectivity index (χ0v) is 11.3. The zero-order chi connectivity index (χ0) is 12.5. The maximum absolute atomic E-state index is 6.06. The minimum Gasteiger partial charge on any atom is -0.379 e. The summed E-state index contributed by atoms with van der Waals surface area (Å²) in [5, 5.41) is 0.792. The van der Waals surface area contributed by atoms with E-state index in [-0.39, 0.29) is 11.0 Å². The Hall–Kier alpha value is -0.570. The van der Waals surface area contributed by atoms with E-state index in [9.17, 15) is 0 Å². The molecule has 2 rings (SSSR count). The maximum Gasteiger partial charge on any atom is 0.0585 e. The molecule has 2 nitrogen and oxygen atoms in total. The summed E-state index contributed by atoms with van der Waals surface area (Å²) >= 11 is 6.06. The van der Waals surface area contributed by atoms with Crippen molar-refractivity contribution >= 4 is 11.6 Å². The molecule has 2 N–H and O–H groups in total. The molecule has 1 heterocycles. The van der Waals surface area contributed by atoms with Crippen molar-refractivity contribution in [3.05, 3.63) is 34.9 Å². The van der Waals surface area contributed by atoms with Gasteiger partial charge in [-0.2, -0.15) is 0 Å². The number of rotatable bonds is 4. The molecule has 17 heavy (non-hydrogen) atoms. The van der Waals surface area contributed by atoms with Crippen LogP contribution >= 0.6 is 11.6 Å².